The molecule has 174 valence electrons. The molecule has 6 nitrogen and oxygen atoms in total. The number of para-hydroxylation sites is 1. The van der Waals surface area contributed by atoms with E-state index < -0.39 is 35.4 Å². The number of anilines is 1. The molecule has 0 spiro atoms. The zero-order valence-corrected chi connectivity index (χ0v) is 18.5. The number of benzene rings is 2. The summed E-state index contributed by atoms with van der Waals surface area (Å²) in [6.45, 7) is 5.58. The SMILES string of the molecule is CCCOc1c(Cl)cc(C(=O)OC(C)C(=O)Nc2ccccc2C(F)(F)F)cc1OCC. The van der Waals surface area contributed by atoms with E-state index in [0.717, 1.165) is 18.6 Å². The van der Waals surface area contributed by atoms with Crippen molar-refractivity contribution in [1.82, 2.24) is 0 Å². The van der Waals surface area contributed by atoms with E-state index in [-0.39, 0.29) is 28.7 Å². The summed E-state index contributed by atoms with van der Waals surface area (Å²) in [7, 11) is 0. The minimum Gasteiger partial charge on any atom is -0.490 e. The van der Waals surface area contributed by atoms with Crippen molar-refractivity contribution in [1.29, 1.82) is 0 Å². The first kappa shape index (κ1) is 25.3. The molecule has 0 aromatic heterocycles. The van der Waals surface area contributed by atoms with Gasteiger partial charge in [-0.25, -0.2) is 4.79 Å². The van der Waals surface area contributed by atoms with Crippen LogP contribution >= 0.6 is 11.6 Å². The quantitative estimate of drug-likeness (QED) is 0.471. The summed E-state index contributed by atoms with van der Waals surface area (Å²) in [6.07, 6.45) is -5.30. The molecule has 0 saturated carbocycles. The lowest BCUT2D eigenvalue weighted by molar-refractivity contribution is -0.137. The Bertz CT molecular complexity index is 965. The van der Waals surface area contributed by atoms with Gasteiger partial charge in [0.25, 0.3) is 5.91 Å². The van der Waals surface area contributed by atoms with Gasteiger partial charge in [0, 0.05) is 0 Å². The number of halogens is 4. The summed E-state index contributed by atoms with van der Waals surface area (Å²) in [5.74, 6) is -1.31. The monoisotopic (exact) mass is 473 g/mol. The molecule has 0 saturated heterocycles. The van der Waals surface area contributed by atoms with Gasteiger partial charge >= 0.3 is 12.1 Å². The third-order valence-corrected chi connectivity index (χ3v) is 4.42. The molecule has 1 amide bonds. The Kier molecular flexibility index (Phi) is 8.77. The fraction of sp³-hybridized carbons (Fsp3) is 0.364. The Morgan fingerprint density at radius 3 is 2.44 bits per heavy atom. The maximum atomic E-state index is 13.1. The smallest absolute Gasteiger partial charge is 0.418 e. The number of hydrogen-bond donors (Lipinski definition) is 1. The molecular weight excluding hydrogens is 451 g/mol. The van der Waals surface area contributed by atoms with Gasteiger partial charge in [-0.15, -0.1) is 0 Å². The molecule has 2 aromatic rings. The van der Waals surface area contributed by atoms with Crippen LogP contribution in [-0.4, -0.2) is 31.2 Å². The van der Waals surface area contributed by atoms with Gasteiger partial charge in [-0.2, -0.15) is 13.2 Å². The summed E-state index contributed by atoms with van der Waals surface area (Å²) < 4.78 is 55.5. The fourth-order valence-corrected chi connectivity index (χ4v) is 2.91. The maximum absolute atomic E-state index is 13.1. The second kappa shape index (κ2) is 11.1. The standard InChI is InChI=1S/C22H23ClF3NO5/c1-4-10-31-19-16(23)11-14(12-18(19)30-5-2)21(29)32-13(3)20(28)27-17-9-7-6-8-15(17)22(24,25)26/h6-9,11-13H,4-5,10H2,1-3H3,(H,27,28). The number of amides is 1. The summed E-state index contributed by atoms with van der Waals surface area (Å²) in [5.41, 5.74) is -1.45. The first-order valence-electron chi connectivity index (χ1n) is 9.85. The Morgan fingerprint density at radius 1 is 1.12 bits per heavy atom. The number of hydrogen-bond acceptors (Lipinski definition) is 5. The molecule has 1 atom stereocenters. The first-order valence-corrected chi connectivity index (χ1v) is 10.2. The van der Waals surface area contributed by atoms with Crippen LogP contribution in [0.25, 0.3) is 0 Å². The predicted octanol–water partition coefficient (Wildman–Crippen LogP) is 5.73. The van der Waals surface area contributed by atoms with Crippen molar-refractivity contribution in [2.45, 2.75) is 39.5 Å². The Hall–Kier alpha value is -2.94. The Balaban J connectivity index is 2.16. The normalized spacial score (nSPS) is 12.1. The molecule has 2 aromatic carbocycles. The van der Waals surface area contributed by atoms with Gasteiger partial charge in [-0.05, 0) is 44.5 Å². The molecule has 0 radical (unpaired) electrons. The number of nitrogens with one attached hydrogen (secondary N) is 1. The molecule has 0 aliphatic carbocycles. The zero-order chi connectivity index (χ0) is 23.9. The van der Waals surface area contributed by atoms with Gasteiger partial charge in [0.1, 0.15) is 0 Å². The van der Waals surface area contributed by atoms with Crippen LogP contribution in [0.15, 0.2) is 36.4 Å². The molecule has 0 fully saturated rings. The molecule has 0 heterocycles. The molecule has 1 unspecified atom stereocenters. The molecular formula is C22H23ClF3NO5. The van der Waals surface area contributed by atoms with E-state index in [0.29, 0.717) is 6.61 Å². The Morgan fingerprint density at radius 2 is 1.81 bits per heavy atom. The van der Waals surface area contributed by atoms with E-state index in [1.54, 1.807) is 6.92 Å². The predicted molar refractivity (Wildman–Crippen MR) is 113 cm³/mol. The largest absolute Gasteiger partial charge is 0.490 e. The lowest BCUT2D eigenvalue weighted by Crippen LogP contribution is -2.30. The van der Waals surface area contributed by atoms with Crippen molar-refractivity contribution in [2.24, 2.45) is 0 Å². The summed E-state index contributed by atoms with van der Waals surface area (Å²) in [6, 6.07) is 7.17. The number of carbonyl (C=O) groups is 2. The van der Waals surface area contributed by atoms with Gasteiger partial charge < -0.3 is 19.5 Å². The second-order valence-electron chi connectivity index (χ2n) is 6.65. The van der Waals surface area contributed by atoms with Crippen molar-refractivity contribution in [3.63, 3.8) is 0 Å². The van der Waals surface area contributed by atoms with Gasteiger partial charge in [0.2, 0.25) is 0 Å². The van der Waals surface area contributed by atoms with Gasteiger partial charge in [-0.3, -0.25) is 4.79 Å². The van der Waals surface area contributed by atoms with Crippen molar-refractivity contribution < 1.29 is 37.0 Å². The minimum atomic E-state index is -4.65. The lowest BCUT2D eigenvalue weighted by Gasteiger charge is -2.18. The van der Waals surface area contributed by atoms with Crippen LogP contribution in [0.3, 0.4) is 0 Å². The molecule has 10 heteroatoms. The third-order valence-electron chi connectivity index (χ3n) is 4.14. The van der Waals surface area contributed by atoms with E-state index in [1.807, 2.05) is 6.92 Å². The van der Waals surface area contributed by atoms with Crippen LogP contribution < -0.4 is 14.8 Å². The highest BCUT2D eigenvalue weighted by Gasteiger charge is 2.34. The third kappa shape index (κ3) is 6.53. The van der Waals surface area contributed by atoms with Crippen LogP contribution in [0.4, 0.5) is 18.9 Å². The fourth-order valence-electron chi connectivity index (χ4n) is 2.65. The summed E-state index contributed by atoms with van der Waals surface area (Å²) >= 11 is 6.22. The van der Waals surface area contributed by atoms with E-state index in [9.17, 15) is 22.8 Å². The van der Waals surface area contributed by atoms with E-state index in [2.05, 4.69) is 5.32 Å². The molecule has 2 rings (SSSR count). The van der Waals surface area contributed by atoms with Gasteiger partial charge in [-0.1, -0.05) is 30.7 Å². The highest BCUT2D eigenvalue weighted by molar-refractivity contribution is 6.32. The van der Waals surface area contributed by atoms with E-state index in [4.69, 9.17) is 25.8 Å². The lowest BCUT2D eigenvalue weighted by atomic mass is 10.1. The maximum Gasteiger partial charge on any atom is 0.418 e. The van der Waals surface area contributed by atoms with Crippen molar-refractivity contribution in [3.05, 3.63) is 52.5 Å². The van der Waals surface area contributed by atoms with Crippen molar-refractivity contribution >= 4 is 29.2 Å². The second-order valence-corrected chi connectivity index (χ2v) is 7.05. The van der Waals surface area contributed by atoms with Crippen molar-refractivity contribution in [3.8, 4) is 11.5 Å². The molecule has 0 aliphatic rings. The Labute approximate surface area is 188 Å². The molecule has 0 bridgehead atoms. The zero-order valence-electron chi connectivity index (χ0n) is 17.7. The highest BCUT2D eigenvalue weighted by atomic mass is 35.5. The van der Waals surface area contributed by atoms with E-state index in [1.165, 1.54) is 31.2 Å². The number of alkyl halides is 3. The average Bonchev–Trinajstić information content (AvgIpc) is 2.72. The van der Waals surface area contributed by atoms with Crippen LogP contribution in [0.5, 0.6) is 11.5 Å². The number of carbonyl (C=O) groups excluding carboxylic acids is 2. The van der Waals surface area contributed by atoms with Crippen LogP contribution in [-0.2, 0) is 15.7 Å². The highest BCUT2D eigenvalue weighted by Crippen LogP contribution is 2.37. The summed E-state index contributed by atoms with van der Waals surface area (Å²) in [4.78, 5) is 24.9. The van der Waals surface area contributed by atoms with Gasteiger partial charge in [0.15, 0.2) is 17.6 Å². The van der Waals surface area contributed by atoms with Gasteiger partial charge in [0.05, 0.1) is 35.1 Å². The number of esters is 1. The minimum absolute atomic E-state index is 0.00219. The van der Waals surface area contributed by atoms with Crippen LogP contribution in [0.1, 0.15) is 43.1 Å². The first-order chi connectivity index (χ1) is 15.1. The molecule has 1 N–H and O–H groups in total. The average molecular weight is 474 g/mol. The summed E-state index contributed by atoms with van der Waals surface area (Å²) in [5, 5.41) is 2.26. The van der Waals surface area contributed by atoms with Crippen LogP contribution in [0.2, 0.25) is 5.02 Å². The number of ether oxygens (including phenoxy) is 3. The van der Waals surface area contributed by atoms with E-state index >= 15 is 0 Å². The topological polar surface area (TPSA) is 73.9 Å². The van der Waals surface area contributed by atoms with Crippen molar-refractivity contribution in [2.75, 3.05) is 18.5 Å². The number of rotatable bonds is 9. The molecule has 0 aliphatic heterocycles. The molecule has 32 heavy (non-hydrogen) atoms. The van der Waals surface area contributed by atoms with Crippen LogP contribution in [0, 0.1) is 0 Å².